The number of allylic oxidation sites excluding steroid dienone is 3. The van der Waals surface area contributed by atoms with E-state index < -0.39 is 48.3 Å². The fraction of sp³-hybridized carbons (Fsp3) is 0.316. The number of methoxy groups -OCH3 is 1. The van der Waals surface area contributed by atoms with Gasteiger partial charge in [0.1, 0.15) is 24.9 Å². The van der Waals surface area contributed by atoms with Gasteiger partial charge in [0.2, 0.25) is 0 Å². The van der Waals surface area contributed by atoms with Crippen LogP contribution in [0.1, 0.15) is 10.5 Å². The van der Waals surface area contributed by atoms with Crippen LogP contribution in [0.2, 0.25) is 0 Å². The summed E-state index contributed by atoms with van der Waals surface area (Å²) in [4.78, 5) is 20.2. The van der Waals surface area contributed by atoms with E-state index in [9.17, 15) is 22.4 Å². The summed E-state index contributed by atoms with van der Waals surface area (Å²) in [5.74, 6) is -2.25. The minimum Gasteiger partial charge on any atom is -0.494 e. The first-order chi connectivity index (χ1) is 14.7. The third-order valence-electron chi connectivity index (χ3n) is 4.23. The summed E-state index contributed by atoms with van der Waals surface area (Å²) in [5.41, 5.74) is 1.54. The number of aliphatic imine (C=N–C) groups is 1. The van der Waals surface area contributed by atoms with Gasteiger partial charge in [-0.2, -0.15) is 0 Å². The van der Waals surface area contributed by atoms with Crippen LogP contribution in [0.25, 0.3) is 0 Å². The lowest BCUT2D eigenvalue weighted by Crippen LogP contribution is -2.49. The molecule has 0 saturated carbocycles. The Morgan fingerprint density at radius 2 is 2.22 bits per heavy atom. The van der Waals surface area contributed by atoms with E-state index in [0.717, 1.165) is 12.2 Å². The van der Waals surface area contributed by atoms with Crippen molar-refractivity contribution in [3.63, 3.8) is 0 Å². The van der Waals surface area contributed by atoms with Crippen LogP contribution < -0.4 is 15.8 Å². The van der Waals surface area contributed by atoms with Crippen molar-refractivity contribution < 1.29 is 31.8 Å². The number of nitrogens with zero attached hydrogens (tertiary/aromatic N) is 2. The Kier molecular flexibility index (Phi) is 10.3. The van der Waals surface area contributed by atoms with E-state index in [0.29, 0.717) is 4.47 Å². The number of amidine groups is 1. The molecular formula is C19H20BrClF4N4O3. The Morgan fingerprint density at radius 3 is 2.75 bits per heavy atom. The minimum absolute atomic E-state index is 0. The number of halogens is 6. The summed E-state index contributed by atoms with van der Waals surface area (Å²) in [7, 11) is 1.29. The molecule has 0 radical (unpaired) electrons. The number of nitrogens with two attached hydrogens (primary N) is 1. The van der Waals surface area contributed by atoms with Gasteiger partial charge in [-0.1, -0.05) is 6.58 Å². The molecule has 7 nitrogen and oxygen atoms in total. The molecule has 2 rings (SSSR count). The lowest BCUT2D eigenvalue weighted by Gasteiger charge is -2.34. The molecule has 13 heteroatoms. The zero-order chi connectivity index (χ0) is 23.2. The van der Waals surface area contributed by atoms with Crippen LogP contribution in [-0.2, 0) is 4.74 Å². The van der Waals surface area contributed by atoms with Crippen molar-refractivity contribution in [1.29, 1.82) is 0 Å². The quantitative estimate of drug-likeness (QED) is 0.385. The van der Waals surface area contributed by atoms with Gasteiger partial charge in [-0.25, -0.2) is 22.5 Å². The maximum atomic E-state index is 14.4. The van der Waals surface area contributed by atoms with Gasteiger partial charge in [0.05, 0.1) is 19.4 Å². The van der Waals surface area contributed by atoms with E-state index in [1.807, 2.05) is 0 Å². The summed E-state index contributed by atoms with van der Waals surface area (Å²) >= 11 is 3.17. The molecule has 2 heterocycles. The van der Waals surface area contributed by atoms with Gasteiger partial charge in [0.15, 0.2) is 17.0 Å². The van der Waals surface area contributed by atoms with Crippen LogP contribution in [0.15, 0.2) is 57.6 Å². The lowest BCUT2D eigenvalue weighted by molar-refractivity contribution is 0.00585. The monoisotopic (exact) mass is 542 g/mol. The van der Waals surface area contributed by atoms with Crippen molar-refractivity contribution >= 4 is 40.1 Å². The normalized spacial score (nSPS) is 19.5. The second-order valence-electron chi connectivity index (χ2n) is 6.25. The van der Waals surface area contributed by atoms with Crippen LogP contribution in [0.3, 0.4) is 0 Å². The van der Waals surface area contributed by atoms with Crippen LogP contribution in [0.4, 0.5) is 17.6 Å². The molecule has 1 aliphatic heterocycles. The lowest BCUT2D eigenvalue weighted by atomic mass is 9.90. The fourth-order valence-corrected chi connectivity index (χ4v) is 3.02. The van der Waals surface area contributed by atoms with Gasteiger partial charge in [-0.05, 0) is 39.7 Å². The minimum atomic E-state index is -3.22. The standard InChI is InChI=1S/C19H19BrF4N4O3.ClH/c1-3-12(22)13(27-17(29)16-14(30-2)5-11(20)7-26-16)4-10(6-21)19(18(23)24)9-31-8-15(25)28-19;/h3-5,7,18H,1,6,8-9H2,2H3,(H2,25,28)(H,27,29);1H/b10-4+,13-12-;. The maximum absolute atomic E-state index is 14.4. The second kappa shape index (κ2) is 12.0. The molecule has 1 aromatic heterocycles. The van der Waals surface area contributed by atoms with E-state index in [1.165, 1.54) is 19.4 Å². The maximum Gasteiger partial charge on any atom is 0.278 e. The van der Waals surface area contributed by atoms with E-state index in [-0.39, 0.29) is 36.3 Å². The molecule has 0 aromatic carbocycles. The number of pyridine rings is 1. The number of rotatable bonds is 8. The third-order valence-corrected chi connectivity index (χ3v) is 4.67. The summed E-state index contributed by atoms with van der Waals surface area (Å²) in [6.45, 7) is 0.921. The van der Waals surface area contributed by atoms with Crippen molar-refractivity contribution in [3.8, 4) is 5.75 Å². The first kappa shape index (κ1) is 27.6. The van der Waals surface area contributed by atoms with E-state index in [2.05, 4.69) is 37.8 Å². The van der Waals surface area contributed by atoms with Gasteiger partial charge < -0.3 is 20.5 Å². The van der Waals surface area contributed by atoms with Crippen molar-refractivity contribution in [1.82, 2.24) is 10.3 Å². The number of carbonyl (C=O) groups is 1. The Morgan fingerprint density at radius 1 is 1.53 bits per heavy atom. The molecule has 0 saturated heterocycles. The average molecular weight is 544 g/mol. The van der Waals surface area contributed by atoms with Crippen LogP contribution in [0, 0.1) is 0 Å². The van der Waals surface area contributed by atoms with E-state index >= 15 is 0 Å². The molecule has 1 atom stereocenters. The second-order valence-corrected chi connectivity index (χ2v) is 7.16. The summed E-state index contributed by atoms with van der Waals surface area (Å²) < 4.78 is 66.6. The number of aromatic nitrogens is 1. The van der Waals surface area contributed by atoms with Crippen molar-refractivity contribution in [3.05, 3.63) is 58.3 Å². The smallest absolute Gasteiger partial charge is 0.278 e. The first-order valence-corrected chi connectivity index (χ1v) is 9.48. The largest absolute Gasteiger partial charge is 0.494 e. The van der Waals surface area contributed by atoms with Crippen LogP contribution in [0.5, 0.6) is 5.75 Å². The van der Waals surface area contributed by atoms with Gasteiger partial charge >= 0.3 is 0 Å². The number of hydrogen-bond acceptors (Lipinski definition) is 6. The highest BCUT2D eigenvalue weighted by atomic mass is 79.9. The van der Waals surface area contributed by atoms with Crippen molar-refractivity contribution in [2.24, 2.45) is 10.7 Å². The summed E-state index contributed by atoms with van der Waals surface area (Å²) in [6, 6.07) is 1.45. The van der Waals surface area contributed by atoms with Crippen LogP contribution >= 0.6 is 28.3 Å². The Bertz CT molecular complexity index is 959. The summed E-state index contributed by atoms with van der Waals surface area (Å²) in [5, 5.41) is 2.18. The molecule has 0 bridgehead atoms. The molecule has 3 N–H and O–H groups in total. The molecule has 0 spiro atoms. The highest BCUT2D eigenvalue weighted by Gasteiger charge is 2.46. The highest BCUT2D eigenvalue weighted by Crippen LogP contribution is 2.33. The van der Waals surface area contributed by atoms with Crippen molar-refractivity contribution in [2.45, 2.75) is 12.0 Å². The summed E-state index contributed by atoms with van der Waals surface area (Å²) in [6.07, 6.45) is -0.475. The Hall–Kier alpha value is -2.44. The fourth-order valence-electron chi connectivity index (χ4n) is 2.70. The Balaban J connectivity index is 0.00000512. The predicted octanol–water partition coefficient (Wildman–Crippen LogP) is 3.66. The van der Waals surface area contributed by atoms with Gasteiger partial charge in [0.25, 0.3) is 12.3 Å². The molecule has 176 valence electrons. The predicted molar refractivity (Wildman–Crippen MR) is 117 cm³/mol. The zero-order valence-corrected chi connectivity index (χ0v) is 19.1. The molecule has 0 aliphatic carbocycles. The molecule has 1 aliphatic rings. The number of ether oxygens (including phenoxy) is 2. The van der Waals surface area contributed by atoms with Crippen LogP contribution in [-0.4, -0.2) is 55.7 Å². The molecule has 1 unspecified atom stereocenters. The number of amides is 1. The molecular weight excluding hydrogens is 524 g/mol. The SMILES string of the molecule is C=C/C(F)=C(\C=C(/CF)C1(C(F)F)COCC(N)=N1)NC(=O)c1ncc(Br)cc1OC.Cl. The van der Waals surface area contributed by atoms with E-state index in [4.69, 9.17) is 15.2 Å². The highest BCUT2D eigenvalue weighted by molar-refractivity contribution is 9.10. The van der Waals surface area contributed by atoms with Gasteiger partial charge in [-0.3, -0.25) is 9.79 Å². The number of nitrogens with one attached hydrogen (secondary N) is 1. The third kappa shape index (κ3) is 6.08. The van der Waals surface area contributed by atoms with E-state index in [1.54, 1.807) is 0 Å². The van der Waals surface area contributed by atoms with Crippen molar-refractivity contribution in [2.75, 3.05) is 27.0 Å². The molecule has 0 fully saturated rings. The number of alkyl halides is 3. The topological polar surface area (TPSA) is 98.8 Å². The molecule has 32 heavy (non-hydrogen) atoms. The Labute approximate surface area is 196 Å². The zero-order valence-electron chi connectivity index (χ0n) is 16.7. The van der Waals surface area contributed by atoms with Gasteiger partial charge in [0, 0.05) is 10.7 Å². The molecule has 1 amide bonds. The molecule has 1 aromatic rings. The average Bonchev–Trinajstić information content (AvgIpc) is 2.75. The van der Waals surface area contributed by atoms with Gasteiger partial charge in [-0.15, -0.1) is 12.4 Å². The number of carbonyl (C=O) groups excluding carboxylic acids is 1. The number of hydrogen-bond donors (Lipinski definition) is 2. The first-order valence-electron chi connectivity index (χ1n) is 8.68.